The fourth-order valence-corrected chi connectivity index (χ4v) is 3.37. The van der Waals surface area contributed by atoms with Crippen LogP contribution in [0, 0.1) is 0 Å². The van der Waals surface area contributed by atoms with E-state index >= 15 is 0 Å². The average molecular weight is 373 g/mol. The van der Waals surface area contributed by atoms with E-state index in [4.69, 9.17) is 16.3 Å². The Labute approximate surface area is 160 Å². The number of benzene rings is 2. The van der Waals surface area contributed by atoms with Crippen molar-refractivity contribution in [1.29, 1.82) is 0 Å². The molecule has 1 fully saturated rings. The number of halogens is 1. The molecule has 0 spiro atoms. The lowest BCUT2D eigenvalue weighted by Crippen LogP contribution is -2.32. The molecular weight excluding hydrogens is 348 g/mol. The molecule has 5 heteroatoms. The molecule has 1 aliphatic rings. The minimum Gasteiger partial charge on any atom is -0.483 e. The molecule has 0 saturated carbocycles. The second-order valence-corrected chi connectivity index (χ2v) is 6.91. The normalized spacial score (nSPS) is 13.8. The number of likely N-dealkylation sites (tertiary alicyclic amines) is 1. The standard InChI is InChI=1S/C21H25ClN2O2/c22-19-9-3-1-7-17(19)11-12-23-15-18-8-2-4-10-20(18)26-16-21(25)24-13-5-6-14-24/h1-4,7-10,23H,5-6,11-16H2. The second kappa shape index (κ2) is 9.60. The monoisotopic (exact) mass is 372 g/mol. The number of nitrogens with one attached hydrogen (secondary N) is 1. The van der Waals surface area contributed by atoms with Gasteiger partial charge in [-0.15, -0.1) is 0 Å². The van der Waals surface area contributed by atoms with Crippen molar-refractivity contribution in [2.75, 3.05) is 26.2 Å². The van der Waals surface area contributed by atoms with Crippen molar-refractivity contribution in [2.45, 2.75) is 25.8 Å². The van der Waals surface area contributed by atoms with Crippen LogP contribution < -0.4 is 10.1 Å². The fourth-order valence-electron chi connectivity index (χ4n) is 3.14. The minimum atomic E-state index is 0.0731. The van der Waals surface area contributed by atoms with E-state index in [1.165, 1.54) is 0 Å². The van der Waals surface area contributed by atoms with Gasteiger partial charge in [-0.1, -0.05) is 48.0 Å². The Bertz CT molecular complexity index is 729. The lowest BCUT2D eigenvalue weighted by molar-refractivity contribution is -0.132. The summed E-state index contributed by atoms with van der Waals surface area (Å²) < 4.78 is 5.79. The summed E-state index contributed by atoms with van der Waals surface area (Å²) in [4.78, 5) is 14.0. The molecule has 3 rings (SSSR count). The zero-order valence-electron chi connectivity index (χ0n) is 14.9. The van der Waals surface area contributed by atoms with Gasteiger partial charge in [0.2, 0.25) is 0 Å². The van der Waals surface area contributed by atoms with Gasteiger partial charge < -0.3 is 15.0 Å². The van der Waals surface area contributed by atoms with E-state index in [9.17, 15) is 4.79 Å². The minimum absolute atomic E-state index is 0.0731. The van der Waals surface area contributed by atoms with Gasteiger partial charge in [0, 0.05) is 30.2 Å². The zero-order valence-corrected chi connectivity index (χ0v) is 15.7. The third-order valence-electron chi connectivity index (χ3n) is 4.63. The molecule has 1 saturated heterocycles. The summed E-state index contributed by atoms with van der Waals surface area (Å²) in [6.45, 7) is 3.33. The Morgan fingerprint density at radius 1 is 1.04 bits per heavy atom. The van der Waals surface area contributed by atoms with Gasteiger partial charge in [-0.2, -0.15) is 0 Å². The van der Waals surface area contributed by atoms with Gasteiger partial charge in [0.05, 0.1) is 0 Å². The fraction of sp³-hybridized carbons (Fsp3) is 0.381. The Kier molecular flexibility index (Phi) is 6.92. The predicted molar refractivity (Wildman–Crippen MR) is 105 cm³/mol. The Morgan fingerprint density at radius 3 is 2.50 bits per heavy atom. The molecule has 2 aromatic carbocycles. The summed E-state index contributed by atoms with van der Waals surface area (Å²) in [6, 6.07) is 15.8. The van der Waals surface area contributed by atoms with Crippen molar-refractivity contribution in [2.24, 2.45) is 0 Å². The molecule has 0 aliphatic carbocycles. The Balaban J connectivity index is 1.47. The lowest BCUT2D eigenvalue weighted by atomic mass is 10.1. The average Bonchev–Trinajstić information content (AvgIpc) is 3.20. The van der Waals surface area contributed by atoms with Gasteiger partial charge in [-0.05, 0) is 43.5 Å². The summed E-state index contributed by atoms with van der Waals surface area (Å²) in [5, 5.41) is 4.23. The Morgan fingerprint density at radius 2 is 1.73 bits per heavy atom. The van der Waals surface area contributed by atoms with E-state index in [0.717, 1.165) is 60.8 Å². The van der Waals surface area contributed by atoms with Crippen LogP contribution in [0.15, 0.2) is 48.5 Å². The van der Waals surface area contributed by atoms with Gasteiger partial charge in [0.1, 0.15) is 5.75 Å². The number of carbonyl (C=O) groups excluding carboxylic acids is 1. The predicted octanol–water partition coefficient (Wildman–Crippen LogP) is 3.67. The molecule has 0 bridgehead atoms. The van der Waals surface area contributed by atoms with Gasteiger partial charge in [0.15, 0.2) is 6.61 Å². The molecule has 4 nitrogen and oxygen atoms in total. The number of ether oxygens (including phenoxy) is 1. The number of nitrogens with zero attached hydrogens (tertiary/aromatic N) is 1. The molecule has 138 valence electrons. The van der Waals surface area contributed by atoms with Crippen molar-refractivity contribution in [3.05, 3.63) is 64.7 Å². The molecule has 0 unspecified atom stereocenters. The smallest absolute Gasteiger partial charge is 0.260 e. The highest BCUT2D eigenvalue weighted by atomic mass is 35.5. The first-order valence-corrected chi connectivity index (χ1v) is 9.54. The first-order valence-electron chi connectivity index (χ1n) is 9.16. The first kappa shape index (κ1) is 18.7. The van der Waals surface area contributed by atoms with Crippen molar-refractivity contribution < 1.29 is 9.53 Å². The highest BCUT2D eigenvalue weighted by Crippen LogP contribution is 2.19. The number of para-hydroxylation sites is 1. The maximum absolute atomic E-state index is 12.2. The molecule has 1 aliphatic heterocycles. The SMILES string of the molecule is O=C(COc1ccccc1CNCCc1ccccc1Cl)N1CCCC1. The van der Waals surface area contributed by atoms with Crippen LogP contribution in [-0.4, -0.2) is 37.0 Å². The summed E-state index contributed by atoms with van der Waals surface area (Å²) in [5.74, 6) is 0.842. The maximum Gasteiger partial charge on any atom is 0.260 e. The molecule has 1 heterocycles. The van der Waals surface area contributed by atoms with E-state index in [-0.39, 0.29) is 12.5 Å². The number of rotatable bonds is 8. The van der Waals surface area contributed by atoms with Crippen molar-refractivity contribution in [1.82, 2.24) is 10.2 Å². The first-order chi connectivity index (χ1) is 12.7. The quantitative estimate of drug-likeness (QED) is 0.719. The summed E-state index contributed by atoms with van der Waals surface area (Å²) in [6.07, 6.45) is 3.06. The molecule has 1 amide bonds. The largest absolute Gasteiger partial charge is 0.483 e. The number of hydrogen-bond donors (Lipinski definition) is 1. The molecule has 2 aromatic rings. The van der Waals surface area contributed by atoms with Gasteiger partial charge >= 0.3 is 0 Å². The van der Waals surface area contributed by atoms with E-state index in [1.807, 2.05) is 53.4 Å². The van der Waals surface area contributed by atoms with Crippen molar-refractivity contribution >= 4 is 17.5 Å². The van der Waals surface area contributed by atoms with Crippen LogP contribution in [0.1, 0.15) is 24.0 Å². The molecule has 0 atom stereocenters. The third-order valence-corrected chi connectivity index (χ3v) is 5.00. The van der Waals surface area contributed by atoms with Gasteiger partial charge in [-0.25, -0.2) is 0 Å². The highest BCUT2D eigenvalue weighted by Gasteiger charge is 2.18. The van der Waals surface area contributed by atoms with Crippen molar-refractivity contribution in [3.8, 4) is 5.75 Å². The van der Waals surface area contributed by atoms with Crippen LogP contribution in [-0.2, 0) is 17.8 Å². The second-order valence-electron chi connectivity index (χ2n) is 6.50. The molecule has 0 aromatic heterocycles. The number of carbonyl (C=O) groups is 1. The topological polar surface area (TPSA) is 41.6 Å². The number of hydrogen-bond acceptors (Lipinski definition) is 3. The molecule has 1 N–H and O–H groups in total. The van der Waals surface area contributed by atoms with Gasteiger partial charge in [0.25, 0.3) is 5.91 Å². The molecule has 26 heavy (non-hydrogen) atoms. The van der Waals surface area contributed by atoms with E-state index in [2.05, 4.69) is 5.32 Å². The molecular formula is C21H25ClN2O2. The maximum atomic E-state index is 12.2. The highest BCUT2D eigenvalue weighted by molar-refractivity contribution is 6.31. The molecule has 0 radical (unpaired) electrons. The zero-order chi connectivity index (χ0) is 18.2. The van der Waals surface area contributed by atoms with E-state index in [0.29, 0.717) is 6.54 Å². The number of amides is 1. The van der Waals surface area contributed by atoms with Crippen LogP contribution in [0.2, 0.25) is 5.02 Å². The van der Waals surface area contributed by atoms with Crippen LogP contribution in [0.25, 0.3) is 0 Å². The van der Waals surface area contributed by atoms with Crippen molar-refractivity contribution in [3.63, 3.8) is 0 Å². The summed E-state index contributed by atoms with van der Waals surface area (Å²) in [7, 11) is 0. The van der Waals surface area contributed by atoms with Gasteiger partial charge in [-0.3, -0.25) is 4.79 Å². The van der Waals surface area contributed by atoms with Crippen LogP contribution >= 0.6 is 11.6 Å². The van der Waals surface area contributed by atoms with Crippen LogP contribution in [0.4, 0.5) is 0 Å². The van der Waals surface area contributed by atoms with Crippen LogP contribution in [0.5, 0.6) is 5.75 Å². The third kappa shape index (κ3) is 5.23. The Hall–Kier alpha value is -2.04. The summed E-state index contributed by atoms with van der Waals surface area (Å²) >= 11 is 6.19. The summed E-state index contributed by atoms with van der Waals surface area (Å²) in [5.41, 5.74) is 2.20. The lowest BCUT2D eigenvalue weighted by Gasteiger charge is -2.17. The van der Waals surface area contributed by atoms with E-state index < -0.39 is 0 Å². The van der Waals surface area contributed by atoms with Crippen LogP contribution in [0.3, 0.4) is 0 Å². The van der Waals surface area contributed by atoms with E-state index in [1.54, 1.807) is 0 Å².